The molecule has 1 amide bonds. The van der Waals surface area contributed by atoms with Gasteiger partial charge in [-0.05, 0) is 50.2 Å². The highest BCUT2D eigenvalue weighted by Gasteiger charge is 2.19. The minimum Gasteiger partial charge on any atom is -0.481 e. The number of aryl methyl sites for hydroxylation is 1. The quantitative estimate of drug-likeness (QED) is 0.463. The molecule has 0 bridgehead atoms. The molecule has 0 spiro atoms. The molecule has 6 nitrogen and oxygen atoms in total. The Kier molecular flexibility index (Phi) is 5.75. The van der Waals surface area contributed by atoms with Gasteiger partial charge in [0.2, 0.25) is 5.82 Å². The van der Waals surface area contributed by atoms with E-state index in [0.717, 1.165) is 11.1 Å². The SMILES string of the molecule is Cc1ccc(-c2noc(-c3ccccc3NC(=O)C(C)Oc3ccc(F)cc3)n2)cc1. The number of nitrogens with zero attached hydrogens (tertiary/aromatic N) is 2. The van der Waals surface area contributed by atoms with Gasteiger partial charge in [0.05, 0.1) is 11.3 Å². The Balaban J connectivity index is 1.51. The molecule has 1 unspecified atom stereocenters. The Bertz CT molecular complexity index is 1190. The van der Waals surface area contributed by atoms with Gasteiger partial charge in [0, 0.05) is 5.56 Å². The summed E-state index contributed by atoms with van der Waals surface area (Å²) >= 11 is 0. The van der Waals surface area contributed by atoms with Crippen molar-refractivity contribution in [1.82, 2.24) is 10.1 Å². The summed E-state index contributed by atoms with van der Waals surface area (Å²) in [5.74, 6) is 0.415. The van der Waals surface area contributed by atoms with Crippen LogP contribution in [0.5, 0.6) is 5.75 Å². The van der Waals surface area contributed by atoms with E-state index in [1.165, 1.54) is 24.3 Å². The normalized spacial score (nSPS) is 11.7. The van der Waals surface area contributed by atoms with Gasteiger partial charge in [0.15, 0.2) is 6.10 Å². The molecule has 1 heterocycles. The molecule has 1 atom stereocenters. The van der Waals surface area contributed by atoms with E-state index in [4.69, 9.17) is 9.26 Å². The first kappa shape index (κ1) is 20.3. The Morgan fingerprint density at radius 3 is 2.48 bits per heavy atom. The molecule has 156 valence electrons. The highest BCUT2D eigenvalue weighted by atomic mass is 19.1. The number of carbonyl (C=O) groups excluding carboxylic acids is 1. The Morgan fingerprint density at radius 1 is 1.03 bits per heavy atom. The second-order valence-corrected chi connectivity index (χ2v) is 7.04. The van der Waals surface area contributed by atoms with Crippen molar-refractivity contribution >= 4 is 11.6 Å². The summed E-state index contributed by atoms with van der Waals surface area (Å²) in [7, 11) is 0. The molecule has 0 saturated carbocycles. The monoisotopic (exact) mass is 417 g/mol. The molecule has 0 aliphatic carbocycles. The van der Waals surface area contributed by atoms with Crippen molar-refractivity contribution in [3.8, 4) is 28.6 Å². The van der Waals surface area contributed by atoms with Crippen molar-refractivity contribution in [2.75, 3.05) is 5.32 Å². The standard InChI is InChI=1S/C24H20FN3O3/c1-15-7-9-17(10-8-15)22-27-24(31-28-22)20-5-3-4-6-21(20)26-23(29)16(2)30-19-13-11-18(25)12-14-19/h3-14,16H,1-2H3,(H,26,29). The van der Waals surface area contributed by atoms with E-state index in [-0.39, 0.29) is 11.7 Å². The largest absolute Gasteiger partial charge is 0.481 e. The summed E-state index contributed by atoms with van der Waals surface area (Å²) in [5.41, 5.74) is 3.08. The van der Waals surface area contributed by atoms with Gasteiger partial charge >= 0.3 is 0 Å². The molecule has 1 aromatic heterocycles. The van der Waals surface area contributed by atoms with Gasteiger partial charge < -0.3 is 14.6 Å². The van der Waals surface area contributed by atoms with Crippen LogP contribution in [0.25, 0.3) is 22.8 Å². The maximum atomic E-state index is 13.0. The van der Waals surface area contributed by atoms with E-state index in [9.17, 15) is 9.18 Å². The molecule has 0 saturated heterocycles. The van der Waals surface area contributed by atoms with Crippen molar-refractivity contribution < 1.29 is 18.4 Å². The van der Waals surface area contributed by atoms with Crippen LogP contribution in [0.15, 0.2) is 77.3 Å². The van der Waals surface area contributed by atoms with Crippen LogP contribution < -0.4 is 10.1 Å². The van der Waals surface area contributed by atoms with Crippen LogP contribution in [-0.2, 0) is 4.79 Å². The van der Waals surface area contributed by atoms with Gasteiger partial charge in [-0.1, -0.05) is 47.1 Å². The van der Waals surface area contributed by atoms with Crippen LogP contribution in [0.1, 0.15) is 12.5 Å². The number of hydrogen-bond acceptors (Lipinski definition) is 5. The van der Waals surface area contributed by atoms with Crippen LogP contribution in [0, 0.1) is 12.7 Å². The zero-order chi connectivity index (χ0) is 21.8. The zero-order valence-corrected chi connectivity index (χ0v) is 17.0. The van der Waals surface area contributed by atoms with E-state index in [1.807, 2.05) is 37.3 Å². The Hall–Kier alpha value is -4.00. The van der Waals surface area contributed by atoms with Crippen LogP contribution in [0.2, 0.25) is 0 Å². The third-order valence-corrected chi connectivity index (χ3v) is 4.65. The van der Waals surface area contributed by atoms with Crippen LogP contribution >= 0.6 is 0 Å². The molecule has 7 heteroatoms. The number of nitrogens with one attached hydrogen (secondary N) is 1. The fraction of sp³-hybridized carbons (Fsp3) is 0.125. The zero-order valence-electron chi connectivity index (χ0n) is 17.0. The molecule has 4 rings (SSSR count). The average Bonchev–Trinajstić information content (AvgIpc) is 3.26. The van der Waals surface area contributed by atoms with E-state index >= 15 is 0 Å². The van der Waals surface area contributed by atoms with Gasteiger partial charge in [-0.3, -0.25) is 4.79 Å². The highest BCUT2D eigenvalue weighted by molar-refractivity contribution is 5.97. The summed E-state index contributed by atoms with van der Waals surface area (Å²) < 4.78 is 24.1. The second-order valence-electron chi connectivity index (χ2n) is 7.04. The van der Waals surface area contributed by atoms with E-state index < -0.39 is 6.10 Å². The topological polar surface area (TPSA) is 77.2 Å². The van der Waals surface area contributed by atoms with Gasteiger partial charge in [0.1, 0.15) is 11.6 Å². The number of hydrogen-bond donors (Lipinski definition) is 1. The number of para-hydroxylation sites is 1. The maximum absolute atomic E-state index is 13.0. The summed E-state index contributed by atoms with van der Waals surface area (Å²) in [5, 5.41) is 6.89. The minimum atomic E-state index is -0.802. The fourth-order valence-electron chi connectivity index (χ4n) is 2.94. The molecule has 4 aromatic rings. The molecule has 0 aliphatic rings. The van der Waals surface area contributed by atoms with Crippen molar-refractivity contribution in [1.29, 1.82) is 0 Å². The number of benzene rings is 3. The summed E-state index contributed by atoms with van der Waals surface area (Å²) in [6, 6.07) is 20.4. The maximum Gasteiger partial charge on any atom is 0.265 e. The summed E-state index contributed by atoms with van der Waals surface area (Å²) in [6.45, 7) is 3.62. The fourth-order valence-corrected chi connectivity index (χ4v) is 2.94. The molecule has 0 radical (unpaired) electrons. The van der Waals surface area contributed by atoms with Crippen LogP contribution in [0.3, 0.4) is 0 Å². The van der Waals surface area contributed by atoms with E-state index in [1.54, 1.807) is 25.1 Å². The lowest BCUT2D eigenvalue weighted by Gasteiger charge is -2.15. The number of ether oxygens (including phenoxy) is 1. The smallest absolute Gasteiger partial charge is 0.265 e. The second kappa shape index (κ2) is 8.79. The van der Waals surface area contributed by atoms with Crippen molar-refractivity contribution in [2.45, 2.75) is 20.0 Å². The molecule has 1 N–H and O–H groups in total. The molecule has 3 aromatic carbocycles. The number of amides is 1. The van der Waals surface area contributed by atoms with Crippen molar-refractivity contribution in [3.63, 3.8) is 0 Å². The first-order valence-corrected chi connectivity index (χ1v) is 9.73. The van der Waals surface area contributed by atoms with Gasteiger partial charge in [-0.15, -0.1) is 0 Å². The minimum absolute atomic E-state index is 0.290. The van der Waals surface area contributed by atoms with E-state index in [0.29, 0.717) is 28.7 Å². The first-order chi connectivity index (χ1) is 15.0. The predicted molar refractivity (Wildman–Crippen MR) is 115 cm³/mol. The van der Waals surface area contributed by atoms with Gasteiger partial charge in [-0.25, -0.2) is 4.39 Å². The molecule has 0 fully saturated rings. The molecule has 31 heavy (non-hydrogen) atoms. The molecular weight excluding hydrogens is 397 g/mol. The number of halogens is 1. The molecular formula is C24H20FN3O3. The predicted octanol–water partition coefficient (Wildman–Crippen LogP) is 5.26. The summed E-state index contributed by atoms with van der Waals surface area (Å²) in [6.07, 6.45) is -0.802. The lowest BCUT2D eigenvalue weighted by Crippen LogP contribution is -2.30. The van der Waals surface area contributed by atoms with Gasteiger partial charge in [-0.2, -0.15) is 4.98 Å². The average molecular weight is 417 g/mol. The van der Waals surface area contributed by atoms with Gasteiger partial charge in [0.25, 0.3) is 11.8 Å². The first-order valence-electron chi connectivity index (χ1n) is 9.73. The third-order valence-electron chi connectivity index (χ3n) is 4.65. The Morgan fingerprint density at radius 2 is 1.74 bits per heavy atom. The number of carbonyl (C=O) groups is 1. The van der Waals surface area contributed by atoms with Crippen LogP contribution in [-0.4, -0.2) is 22.2 Å². The van der Waals surface area contributed by atoms with Crippen LogP contribution in [0.4, 0.5) is 10.1 Å². The third kappa shape index (κ3) is 4.78. The lowest BCUT2D eigenvalue weighted by molar-refractivity contribution is -0.122. The number of aromatic nitrogens is 2. The molecule has 0 aliphatic heterocycles. The number of anilines is 1. The lowest BCUT2D eigenvalue weighted by atomic mass is 10.1. The highest BCUT2D eigenvalue weighted by Crippen LogP contribution is 2.29. The van der Waals surface area contributed by atoms with Crippen molar-refractivity contribution in [3.05, 3.63) is 84.2 Å². The Labute approximate surface area is 178 Å². The number of rotatable bonds is 6. The van der Waals surface area contributed by atoms with Crippen molar-refractivity contribution in [2.24, 2.45) is 0 Å². The van der Waals surface area contributed by atoms with E-state index in [2.05, 4.69) is 15.5 Å². The summed E-state index contributed by atoms with van der Waals surface area (Å²) in [4.78, 5) is 17.1.